The third-order valence-corrected chi connectivity index (χ3v) is 8.45. The third kappa shape index (κ3) is 4.85. The summed E-state index contributed by atoms with van der Waals surface area (Å²) in [5.74, 6) is 1.15. The first-order valence-corrected chi connectivity index (χ1v) is 12.9. The summed E-state index contributed by atoms with van der Waals surface area (Å²) in [7, 11) is 0. The molecule has 4 rings (SSSR count). The highest BCUT2D eigenvalue weighted by Crippen LogP contribution is 2.44. The predicted octanol–water partition coefficient (Wildman–Crippen LogP) is 5.61. The molecule has 0 aromatic heterocycles. The molecule has 0 atom stereocenters. The van der Waals surface area contributed by atoms with Gasteiger partial charge in [-0.25, -0.2) is 0 Å². The number of carbonyl (C=O) groups excluding carboxylic acids is 2. The van der Waals surface area contributed by atoms with Gasteiger partial charge in [-0.2, -0.15) is 0 Å². The van der Waals surface area contributed by atoms with Gasteiger partial charge in [0.1, 0.15) is 0 Å². The minimum absolute atomic E-state index is 0.0972. The second-order valence-electron chi connectivity index (χ2n) is 8.35. The van der Waals surface area contributed by atoms with Gasteiger partial charge < -0.3 is 9.80 Å². The monoisotopic (exact) mass is 500 g/mol. The van der Waals surface area contributed by atoms with Crippen molar-refractivity contribution in [3.8, 4) is 0 Å². The van der Waals surface area contributed by atoms with Gasteiger partial charge in [-0.15, -0.1) is 11.8 Å². The number of carbonyl (C=O) groups is 2. The molecule has 1 spiro atoms. The number of amides is 2. The van der Waals surface area contributed by atoms with E-state index >= 15 is 0 Å². The summed E-state index contributed by atoms with van der Waals surface area (Å²) in [5.41, 5.74) is 2.78. The highest BCUT2D eigenvalue weighted by atomic mass is 79.9. The van der Waals surface area contributed by atoms with E-state index in [0.29, 0.717) is 13.1 Å². The van der Waals surface area contributed by atoms with Gasteiger partial charge in [-0.1, -0.05) is 41.4 Å². The molecule has 164 valence electrons. The Morgan fingerprint density at radius 3 is 2.19 bits per heavy atom. The zero-order valence-electron chi connectivity index (χ0n) is 18.0. The summed E-state index contributed by atoms with van der Waals surface area (Å²) in [6.45, 7) is 4.34. The number of likely N-dealkylation sites (tertiary alicyclic amines) is 1. The summed E-state index contributed by atoms with van der Waals surface area (Å²) < 4.78 is 0.972. The smallest absolute Gasteiger partial charge is 0.254 e. The molecule has 0 N–H and O–H groups in total. The van der Waals surface area contributed by atoms with Crippen molar-refractivity contribution in [3.63, 3.8) is 0 Å². The van der Waals surface area contributed by atoms with Crippen LogP contribution in [0.15, 0.2) is 53.0 Å². The molecule has 0 unspecified atom stereocenters. The van der Waals surface area contributed by atoms with E-state index in [1.54, 1.807) is 0 Å². The molecule has 2 aromatic carbocycles. The SMILES string of the molecule is CCCCc1ccc(C(=O)N2CCC3(CC2)SCCN3C(=O)c2ccc(Br)cc2)cc1. The fraction of sp³-hybridized carbons (Fsp3) is 0.440. The Hall–Kier alpha value is -1.79. The zero-order valence-corrected chi connectivity index (χ0v) is 20.4. The van der Waals surface area contributed by atoms with Crippen LogP contribution in [-0.4, -0.2) is 51.9 Å². The fourth-order valence-corrected chi connectivity index (χ4v) is 6.21. The number of thioether (sulfide) groups is 1. The predicted molar refractivity (Wildman–Crippen MR) is 131 cm³/mol. The number of nitrogens with zero attached hydrogens (tertiary/aromatic N) is 2. The maximum absolute atomic E-state index is 13.2. The van der Waals surface area contributed by atoms with Crippen molar-refractivity contribution in [2.24, 2.45) is 0 Å². The van der Waals surface area contributed by atoms with E-state index in [4.69, 9.17) is 0 Å². The number of unbranched alkanes of at least 4 members (excludes halogenated alkanes) is 1. The van der Waals surface area contributed by atoms with E-state index in [2.05, 4.69) is 35.0 Å². The Labute approximate surface area is 197 Å². The summed E-state index contributed by atoms with van der Waals surface area (Å²) in [6.07, 6.45) is 5.06. The van der Waals surface area contributed by atoms with Gasteiger partial charge in [0.2, 0.25) is 0 Å². The maximum Gasteiger partial charge on any atom is 0.254 e. The molecule has 0 radical (unpaired) electrons. The number of piperidine rings is 1. The Morgan fingerprint density at radius 2 is 1.55 bits per heavy atom. The van der Waals surface area contributed by atoms with Crippen molar-refractivity contribution >= 4 is 39.5 Å². The summed E-state index contributed by atoms with van der Waals surface area (Å²) in [4.78, 5) is 30.0. The van der Waals surface area contributed by atoms with Gasteiger partial charge in [0.05, 0.1) is 4.87 Å². The van der Waals surface area contributed by atoms with Crippen LogP contribution >= 0.6 is 27.7 Å². The third-order valence-electron chi connectivity index (χ3n) is 6.37. The van der Waals surface area contributed by atoms with Crippen molar-refractivity contribution in [1.82, 2.24) is 9.80 Å². The van der Waals surface area contributed by atoms with E-state index in [1.165, 1.54) is 18.4 Å². The number of halogens is 1. The first kappa shape index (κ1) is 22.4. The molecule has 2 aliphatic heterocycles. The molecule has 2 aromatic rings. The van der Waals surface area contributed by atoms with Crippen LogP contribution in [0.4, 0.5) is 0 Å². The topological polar surface area (TPSA) is 40.6 Å². The van der Waals surface area contributed by atoms with Gasteiger partial charge in [-0.3, -0.25) is 9.59 Å². The minimum atomic E-state index is -0.190. The summed E-state index contributed by atoms with van der Waals surface area (Å²) in [5, 5.41) is 0. The van der Waals surface area contributed by atoms with Crippen LogP contribution in [0.1, 0.15) is 58.9 Å². The largest absolute Gasteiger partial charge is 0.338 e. The van der Waals surface area contributed by atoms with E-state index in [1.807, 2.05) is 58.0 Å². The van der Waals surface area contributed by atoms with Gasteiger partial charge >= 0.3 is 0 Å². The molecule has 2 aliphatic rings. The second kappa shape index (κ2) is 9.78. The molecule has 0 saturated carbocycles. The minimum Gasteiger partial charge on any atom is -0.338 e. The van der Waals surface area contributed by atoms with Crippen LogP contribution in [0.5, 0.6) is 0 Å². The lowest BCUT2D eigenvalue weighted by Gasteiger charge is -2.44. The fourth-order valence-electron chi connectivity index (χ4n) is 4.49. The standard InChI is InChI=1S/C25H29BrN2O2S/c1-2-3-4-19-5-7-20(8-6-19)23(29)27-15-13-25(14-16-27)28(17-18-31-25)24(30)21-9-11-22(26)12-10-21/h5-12H,2-4,13-18H2,1H3. The molecular weight excluding hydrogens is 472 g/mol. The average Bonchev–Trinajstić information content (AvgIpc) is 3.21. The van der Waals surface area contributed by atoms with Crippen LogP contribution in [0.2, 0.25) is 0 Å². The first-order valence-electron chi connectivity index (χ1n) is 11.1. The summed E-state index contributed by atoms with van der Waals surface area (Å²) in [6, 6.07) is 15.7. The Balaban J connectivity index is 1.40. The second-order valence-corrected chi connectivity index (χ2v) is 10.7. The van der Waals surface area contributed by atoms with Crippen LogP contribution in [-0.2, 0) is 6.42 Å². The molecule has 2 saturated heterocycles. The summed E-state index contributed by atoms with van der Waals surface area (Å²) >= 11 is 5.31. The highest BCUT2D eigenvalue weighted by molar-refractivity contribution is 9.10. The normalized spacial score (nSPS) is 17.9. The lowest BCUT2D eigenvalue weighted by Crippen LogP contribution is -2.53. The van der Waals surface area contributed by atoms with Crippen LogP contribution in [0.3, 0.4) is 0 Å². The number of rotatable bonds is 5. The van der Waals surface area contributed by atoms with E-state index in [-0.39, 0.29) is 16.7 Å². The van der Waals surface area contributed by atoms with E-state index in [9.17, 15) is 9.59 Å². The van der Waals surface area contributed by atoms with Crippen molar-refractivity contribution in [2.45, 2.75) is 43.9 Å². The van der Waals surface area contributed by atoms with Crippen molar-refractivity contribution in [2.75, 3.05) is 25.4 Å². The van der Waals surface area contributed by atoms with Crippen LogP contribution < -0.4 is 0 Å². The number of hydrogen-bond donors (Lipinski definition) is 0. The van der Waals surface area contributed by atoms with E-state index < -0.39 is 0 Å². The molecule has 6 heteroatoms. The molecule has 0 bridgehead atoms. The van der Waals surface area contributed by atoms with Crippen LogP contribution in [0.25, 0.3) is 0 Å². The van der Waals surface area contributed by atoms with E-state index in [0.717, 1.165) is 47.2 Å². The lowest BCUT2D eigenvalue weighted by molar-refractivity contribution is 0.0498. The molecule has 2 amide bonds. The van der Waals surface area contributed by atoms with Gasteiger partial charge in [-0.05, 0) is 67.6 Å². The molecule has 2 fully saturated rings. The highest BCUT2D eigenvalue weighted by Gasteiger charge is 2.47. The Morgan fingerprint density at radius 1 is 0.935 bits per heavy atom. The number of hydrogen-bond acceptors (Lipinski definition) is 3. The lowest BCUT2D eigenvalue weighted by atomic mass is 9.99. The Kier molecular flexibility index (Phi) is 7.07. The molecule has 0 aliphatic carbocycles. The van der Waals surface area contributed by atoms with Gasteiger partial charge in [0.25, 0.3) is 11.8 Å². The van der Waals surface area contributed by atoms with Crippen LogP contribution in [0, 0.1) is 0 Å². The number of benzene rings is 2. The Bertz CT molecular complexity index is 922. The van der Waals surface area contributed by atoms with Crippen molar-refractivity contribution in [3.05, 3.63) is 69.7 Å². The first-order chi connectivity index (χ1) is 15.0. The average molecular weight is 501 g/mol. The quantitative estimate of drug-likeness (QED) is 0.535. The zero-order chi connectivity index (χ0) is 21.8. The molecular formula is C25H29BrN2O2S. The number of aryl methyl sites for hydroxylation is 1. The molecule has 31 heavy (non-hydrogen) atoms. The maximum atomic E-state index is 13.2. The van der Waals surface area contributed by atoms with Crippen molar-refractivity contribution in [1.29, 1.82) is 0 Å². The molecule has 4 nitrogen and oxygen atoms in total. The molecule has 2 heterocycles. The van der Waals surface area contributed by atoms with Gasteiger partial charge in [0.15, 0.2) is 0 Å². The van der Waals surface area contributed by atoms with Crippen molar-refractivity contribution < 1.29 is 9.59 Å². The van der Waals surface area contributed by atoms with Gasteiger partial charge in [0, 0.05) is 41.0 Å².